The zero-order valence-corrected chi connectivity index (χ0v) is 13.7. The minimum atomic E-state index is -0.295. The molecule has 0 saturated carbocycles. The van der Waals surface area contributed by atoms with Gasteiger partial charge < -0.3 is 19.7 Å². The van der Waals surface area contributed by atoms with Crippen molar-refractivity contribution in [3.05, 3.63) is 45.9 Å². The van der Waals surface area contributed by atoms with Crippen LogP contribution in [0.25, 0.3) is 0 Å². The molecule has 0 aliphatic rings. The summed E-state index contributed by atoms with van der Waals surface area (Å²) in [5, 5.41) is 19.1. The van der Waals surface area contributed by atoms with Crippen molar-refractivity contribution in [3.8, 4) is 23.0 Å². The van der Waals surface area contributed by atoms with Gasteiger partial charge in [0.25, 0.3) is 0 Å². The monoisotopic (exact) mass is 366 g/mol. The van der Waals surface area contributed by atoms with Gasteiger partial charge in [0.05, 0.1) is 24.3 Å². The van der Waals surface area contributed by atoms with Gasteiger partial charge in [0.15, 0.2) is 5.78 Å². The van der Waals surface area contributed by atoms with Gasteiger partial charge in [0.2, 0.25) is 0 Å². The van der Waals surface area contributed by atoms with Gasteiger partial charge in [-0.1, -0.05) is 0 Å². The van der Waals surface area contributed by atoms with E-state index in [9.17, 15) is 15.0 Å². The molecule has 2 aromatic rings. The molecule has 0 fully saturated rings. The molecule has 2 rings (SSSR count). The lowest BCUT2D eigenvalue weighted by Gasteiger charge is -2.12. The molecule has 0 radical (unpaired) electrons. The molecule has 5 nitrogen and oxygen atoms in total. The van der Waals surface area contributed by atoms with Crippen LogP contribution < -0.4 is 9.47 Å². The Bertz CT molecular complexity index is 712. The largest absolute Gasteiger partial charge is 0.508 e. The summed E-state index contributed by atoms with van der Waals surface area (Å²) in [5.41, 5.74) is 0.769. The third-order valence-electron chi connectivity index (χ3n) is 3.17. The zero-order valence-electron chi connectivity index (χ0n) is 12.1. The number of halogens is 1. The Hall–Kier alpha value is -2.21. The maximum absolute atomic E-state index is 12.4. The molecule has 0 saturated heterocycles. The van der Waals surface area contributed by atoms with Crippen LogP contribution in [-0.4, -0.2) is 30.2 Å². The minimum absolute atomic E-state index is 0.0251. The van der Waals surface area contributed by atoms with Crippen molar-refractivity contribution in [3.63, 3.8) is 0 Å². The van der Waals surface area contributed by atoms with Crippen molar-refractivity contribution in [2.45, 2.75) is 6.42 Å². The molecule has 116 valence electrons. The van der Waals surface area contributed by atoms with Crippen molar-refractivity contribution in [1.82, 2.24) is 0 Å². The fourth-order valence-electron chi connectivity index (χ4n) is 2.12. The summed E-state index contributed by atoms with van der Waals surface area (Å²) in [5.74, 6) is 0.468. The molecule has 0 aliphatic carbocycles. The van der Waals surface area contributed by atoms with E-state index in [2.05, 4.69) is 15.9 Å². The normalized spacial score (nSPS) is 10.3. The highest BCUT2D eigenvalue weighted by Gasteiger charge is 2.17. The molecule has 0 amide bonds. The van der Waals surface area contributed by atoms with Gasteiger partial charge in [-0.25, -0.2) is 0 Å². The van der Waals surface area contributed by atoms with E-state index in [0.29, 0.717) is 21.5 Å². The van der Waals surface area contributed by atoms with Crippen LogP contribution in [0.5, 0.6) is 23.0 Å². The Kier molecular flexibility index (Phi) is 4.92. The van der Waals surface area contributed by atoms with E-state index in [0.717, 1.165) is 6.07 Å². The predicted octanol–water partition coefficient (Wildman–Crippen LogP) is 3.30. The van der Waals surface area contributed by atoms with E-state index in [-0.39, 0.29) is 29.3 Å². The summed E-state index contributed by atoms with van der Waals surface area (Å²) < 4.78 is 11.2. The standard InChI is InChI=1S/C16H15BrO5/c1-21-11-5-9(16(22-2)13(17)8-11)6-14(19)12-4-3-10(18)7-15(12)20/h3-5,7-8,18,20H,6H2,1-2H3. The summed E-state index contributed by atoms with van der Waals surface area (Å²) in [6.07, 6.45) is 0.0251. The second-order valence-corrected chi connectivity index (χ2v) is 5.46. The molecule has 6 heteroatoms. The lowest BCUT2D eigenvalue weighted by molar-refractivity contribution is 0.0989. The summed E-state index contributed by atoms with van der Waals surface area (Å²) >= 11 is 3.37. The van der Waals surface area contributed by atoms with Gasteiger partial charge >= 0.3 is 0 Å². The number of aromatic hydroxyl groups is 2. The summed E-state index contributed by atoms with van der Waals surface area (Å²) in [6.45, 7) is 0. The Morgan fingerprint density at radius 3 is 2.45 bits per heavy atom. The Labute approximate surface area is 136 Å². The Morgan fingerprint density at radius 1 is 1.14 bits per heavy atom. The zero-order chi connectivity index (χ0) is 16.3. The van der Waals surface area contributed by atoms with Gasteiger partial charge in [-0.15, -0.1) is 0 Å². The predicted molar refractivity (Wildman–Crippen MR) is 85.1 cm³/mol. The first-order chi connectivity index (χ1) is 10.5. The van der Waals surface area contributed by atoms with E-state index in [1.165, 1.54) is 26.4 Å². The molecule has 0 heterocycles. The average Bonchev–Trinajstić information content (AvgIpc) is 2.46. The Morgan fingerprint density at radius 2 is 1.86 bits per heavy atom. The molecule has 2 aromatic carbocycles. The first-order valence-electron chi connectivity index (χ1n) is 6.41. The lowest BCUT2D eigenvalue weighted by Crippen LogP contribution is -2.06. The molecule has 0 spiro atoms. The quantitative estimate of drug-likeness (QED) is 0.794. The number of hydrogen-bond acceptors (Lipinski definition) is 5. The van der Waals surface area contributed by atoms with Crippen LogP contribution in [0, 0.1) is 0 Å². The molecule has 0 bridgehead atoms. The number of ether oxygens (including phenoxy) is 2. The van der Waals surface area contributed by atoms with Gasteiger partial charge in [0.1, 0.15) is 23.0 Å². The Balaban J connectivity index is 2.37. The van der Waals surface area contributed by atoms with Crippen molar-refractivity contribution in [2.24, 2.45) is 0 Å². The van der Waals surface area contributed by atoms with Crippen LogP contribution in [0.15, 0.2) is 34.8 Å². The third kappa shape index (κ3) is 3.33. The first kappa shape index (κ1) is 16.2. The molecule has 0 aliphatic heterocycles. The number of ketones is 1. The van der Waals surface area contributed by atoms with Crippen LogP contribution in [-0.2, 0) is 6.42 Å². The summed E-state index contributed by atoms with van der Waals surface area (Å²) in [4.78, 5) is 12.4. The van der Waals surface area contributed by atoms with Crippen molar-refractivity contribution < 1.29 is 24.5 Å². The SMILES string of the molecule is COc1cc(Br)c(OC)c(CC(=O)c2ccc(O)cc2O)c1. The van der Waals surface area contributed by atoms with Crippen LogP contribution in [0.3, 0.4) is 0 Å². The molecule has 2 N–H and O–H groups in total. The molecule has 0 unspecified atom stereocenters. The van der Waals surface area contributed by atoms with Gasteiger partial charge in [-0.2, -0.15) is 0 Å². The number of carbonyl (C=O) groups excluding carboxylic acids is 1. The highest BCUT2D eigenvalue weighted by Crippen LogP contribution is 2.35. The van der Waals surface area contributed by atoms with Gasteiger partial charge in [0, 0.05) is 18.1 Å². The van der Waals surface area contributed by atoms with Crippen molar-refractivity contribution >= 4 is 21.7 Å². The number of phenols is 2. The van der Waals surface area contributed by atoms with Crippen LogP contribution in [0.4, 0.5) is 0 Å². The smallest absolute Gasteiger partial charge is 0.171 e. The number of carbonyl (C=O) groups is 1. The maximum atomic E-state index is 12.4. The first-order valence-corrected chi connectivity index (χ1v) is 7.21. The van der Waals surface area contributed by atoms with Crippen LogP contribution >= 0.6 is 15.9 Å². The van der Waals surface area contributed by atoms with Crippen molar-refractivity contribution in [2.75, 3.05) is 14.2 Å². The fourth-order valence-corrected chi connectivity index (χ4v) is 2.77. The van der Waals surface area contributed by atoms with Crippen LogP contribution in [0.1, 0.15) is 15.9 Å². The maximum Gasteiger partial charge on any atom is 0.171 e. The molecule has 0 atom stereocenters. The minimum Gasteiger partial charge on any atom is -0.508 e. The molecular weight excluding hydrogens is 352 g/mol. The number of phenolic OH excluding ortho intramolecular Hbond substituents is 2. The number of hydrogen-bond donors (Lipinski definition) is 2. The third-order valence-corrected chi connectivity index (χ3v) is 3.76. The fraction of sp³-hybridized carbons (Fsp3) is 0.188. The highest BCUT2D eigenvalue weighted by molar-refractivity contribution is 9.10. The van der Waals surface area contributed by atoms with E-state index in [1.54, 1.807) is 12.1 Å². The van der Waals surface area contributed by atoms with Gasteiger partial charge in [-0.05, 0) is 40.2 Å². The topological polar surface area (TPSA) is 76.0 Å². The second-order valence-electron chi connectivity index (χ2n) is 4.60. The van der Waals surface area contributed by atoms with Gasteiger partial charge in [-0.3, -0.25) is 4.79 Å². The number of benzene rings is 2. The van der Waals surface area contributed by atoms with Crippen molar-refractivity contribution in [1.29, 1.82) is 0 Å². The van der Waals surface area contributed by atoms with E-state index < -0.39 is 0 Å². The van der Waals surface area contributed by atoms with E-state index >= 15 is 0 Å². The van der Waals surface area contributed by atoms with E-state index in [1.807, 2.05) is 0 Å². The molecule has 22 heavy (non-hydrogen) atoms. The molecule has 0 aromatic heterocycles. The summed E-state index contributed by atoms with van der Waals surface area (Å²) in [6, 6.07) is 7.32. The van der Waals surface area contributed by atoms with Crippen LogP contribution in [0.2, 0.25) is 0 Å². The average molecular weight is 367 g/mol. The number of Topliss-reactive ketones (excluding diaryl/α,β-unsaturated/α-hetero) is 1. The molecular formula is C16H15BrO5. The lowest BCUT2D eigenvalue weighted by atomic mass is 10.0. The number of methoxy groups -OCH3 is 2. The second kappa shape index (κ2) is 6.70. The summed E-state index contributed by atoms with van der Waals surface area (Å²) in [7, 11) is 3.05. The highest BCUT2D eigenvalue weighted by atomic mass is 79.9. The van der Waals surface area contributed by atoms with E-state index in [4.69, 9.17) is 9.47 Å². The number of rotatable bonds is 5.